The fourth-order valence-electron chi connectivity index (χ4n) is 7.00. The molecule has 0 N–H and O–H groups in total. The van der Waals surface area contributed by atoms with E-state index in [1.807, 2.05) is 20.8 Å². The second-order valence-electron chi connectivity index (χ2n) is 12.4. The lowest BCUT2D eigenvalue weighted by atomic mass is 9.43. The van der Waals surface area contributed by atoms with Gasteiger partial charge in [0.1, 0.15) is 11.6 Å². The zero-order valence-electron chi connectivity index (χ0n) is 22.1. The molecule has 5 aliphatic rings. The molecule has 2 saturated heterocycles. The summed E-state index contributed by atoms with van der Waals surface area (Å²) in [5, 5.41) is 0. The third kappa shape index (κ3) is 4.37. The molecule has 0 aromatic carbocycles. The molecule has 9 heteroatoms. The van der Waals surface area contributed by atoms with Crippen molar-refractivity contribution in [3.63, 3.8) is 0 Å². The van der Waals surface area contributed by atoms with Crippen LogP contribution in [0.25, 0.3) is 0 Å². The van der Waals surface area contributed by atoms with E-state index in [9.17, 15) is 9.59 Å². The Balaban J connectivity index is 1.38. The summed E-state index contributed by atoms with van der Waals surface area (Å²) in [6.45, 7) is 12.7. The first-order valence-corrected chi connectivity index (χ1v) is 12.7. The third-order valence-electron chi connectivity index (χ3n) is 8.95. The maximum absolute atomic E-state index is 12.8. The first-order valence-electron chi connectivity index (χ1n) is 12.7. The van der Waals surface area contributed by atoms with Gasteiger partial charge in [-0.3, -0.25) is 4.90 Å². The van der Waals surface area contributed by atoms with E-state index in [1.54, 1.807) is 7.11 Å². The van der Waals surface area contributed by atoms with Crippen LogP contribution in [0.3, 0.4) is 0 Å². The molecule has 5 rings (SSSR count). The number of methoxy groups -OCH3 is 2. The summed E-state index contributed by atoms with van der Waals surface area (Å²) < 4.78 is 29.2. The average Bonchev–Trinajstić information content (AvgIpc) is 3.28. The van der Waals surface area contributed by atoms with E-state index >= 15 is 0 Å². The number of esters is 1. The van der Waals surface area contributed by atoms with E-state index in [0.717, 1.165) is 25.1 Å². The number of nitrogens with zero attached hydrogens (tertiary/aromatic N) is 1. The molecule has 2 bridgehead atoms. The first kappa shape index (κ1) is 25.8. The maximum Gasteiger partial charge on any atom is 0.457 e. The van der Waals surface area contributed by atoms with Crippen molar-refractivity contribution in [2.24, 2.45) is 23.2 Å². The normalized spacial score (nSPS) is 38.4. The van der Waals surface area contributed by atoms with Crippen molar-refractivity contribution < 1.29 is 33.1 Å². The number of hydrogen-bond acceptors (Lipinski definition) is 7. The number of hydrogen-bond donors (Lipinski definition) is 0. The molecule has 192 valence electrons. The fraction of sp³-hybridized carbons (Fsp3) is 0.920. The molecule has 34 heavy (non-hydrogen) atoms. The Morgan fingerprint density at radius 1 is 1.15 bits per heavy atom. The van der Waals surface area contributed by atoms with Crippen LogP contribution in [0.1, 0.15) is 67.2 Å². The zero-order valence-corrected chi connectivity index (χ0v) is 22.1. The molecule has 3 aliphatic carbocycles. The van der Waals surface area contributed by atoms with E-state index in [0.29, 0.717) is 24.3 Å². The van der Waals surface area contributed by atoms with E-state index in [1.165, 1.54) is 18.4 Å². The Bertz CT molecular complexity index is 799. The molecule has 2 aliphatic heterocycles. The molecule has 0 aromatic rings. The van der Waals surface area contributed by atoms with Crippen molar-refractivity contribution in [2.75, 3.05) is 20.8 Å². The molecule has 1 amide bonds. The predicted octanol–water partition coefficient (Wildman–Crippen LogP) is 3.92. The molecule has 0 unspecified atom stereocenters. The van der Waals surface area contributed by atoms with Gasteiger partial charge in [0, 0.05) is 13.0 Å². The molecule has 7 atom stereocenters. The Hall–Kier alpha value is -1.32. The standard InChI is InChI=1S/C25H42BNO7/c1-23(2,3)32-22(29)27-14-17(30-7)16(20(27)21(28)31-8)10-9-11-26-33-19-13-15-12-18(24(15,4)5)25(19,6)34-26/h15-20H,9-14H2,1-8H3/t15-,16+,17-,18-,19+,20-,25-/m0/s1. The third-order valence-corrected chi connectivity index (χ3v) is 8.95. The molecule has 0 spiro atoms. The van der Waals surface area contributed by atoms with Gasteiger partial charge in [-0.05, 0) is 70.5 Å². The highest BCUT2D eigenvalue weighted by Gasteiger charge is 2.67. The number of carbonyl (C=O) groups is 2. The van der Waals surface area contributed by atoms with Crippen molar-refractivity contribution in [3.05, 3.63) is 0 Å². The van der Waals surface area contributed by atoms with Crippen LogP contribution >= 0.6 is 0 Å². The maximum atomic E-state index is 12.8. The molecule has 0 aromatic heterocycles. The average molecular weight is 479 g/mol. The predicted molar refractivity (Wildman–Crippen MR) is 127 cm³/mol. The summed E-state index contributed by atoms with van der Waals surface area (Å²) in [4.78, 5) is 27.0. The van der Waals surface area contributed by atoms with E-state index in [2.05, 4.69) is 20.8 Å². The number of amides is 1. The minimum atomic E-state index is -0.733. The first-order chi connectivity index (χ1) is 15.8. The largest absolute Gasteiger partial charge is 0.467 e. The molecule has 8 nitrogen and oxygen atoms in total. The Labute approximate surface area is 204 Å². The minimum Gasteiger partial charge on any atom is -0.467 e. The summed E-state index contributed by atoms with van der Waals surface area (Å²) in [6, 6.07) is -0.733. The van der Waals surface area contributed by atoms with Gasteiger partial charge in [0.05, 0.1) is 31.5 Å². The van der Waals surface area contributed by atoms with Crippen molar-refractivity contribution in [1.82, 2.24) is 4.90 Å². The Kier molecular flexibility index (Phi) is 6.79. The molecular formula is C25H42BNO7. The van der Waals surface area contributed by atoms with Crippen molar-refractivity contribution in [1.29, 1.82) is 0 Å². The highest BCUT2D eigenvalue weighted by atomic mass is 16.7. The van der Waals surface area contributed by atoms with Gasteiger partial charge in [-0.15, -0.1) is 0 Å². The van der Waals surface area contributed by atoms with Crippen molar-refractivity contribution in [3.8, 4) is 0 Å². The Morgan fingerprint density at radius 2 is 1.85 bits per heavy atom. The van der Waals surface area contributed by atoms with Crippen LogP contribution in [0.15, 0.2) is 0 Å². The molecule has 5 fully saturated rings. The molecule has 3 saturated carbocycles. The van der Waals surface area contributed by atoms with Crippen LogP contribution in [0.5, 0.6) is 0 Å². The highest BCUT2D eigenvalue weighted by Crippen LogP contribution is 2.65. The summed E-state index contributed by atoms with van der Waals surface area (Å²) in [5.74, 6) is 0.631. The van der Waals surface area contributed by atoms with Crippen LogP contribution in [-0.2, 0) is 28.3 Å². The number of likely N-dealkylation sites (tertiary alicyclic amines) is 1. The van der Waals surface area contributed by atoms with Gasteiger partial charge >= 0.3 is 19.2 Å². The van der Waals surface area contributed by atoms with Crippen LogP contribution in [0, 0.1) is 23.2 Å². The van der Waals surface area contributed by atoms with Crippen molar-refractivity contribution in [2.45, 2.75) is 103 Å². The minimum absolute atomic E-state index is 0.165. The summed E-state index contributed by atoms with van der Waals surface area (Å²) in [6.07, 6.45) is 3.92. The Morgan fingerprint density at radius 3 is 2.44 bits per heavy atom. The summed E-state index contributed by atoms with van der Waals surface area (Å²) in [5.41, 5.74) is -0.553. The van der Waals surface area contributed by atoms with E-state index in [4.69, 9.17) is 23.5 Å². The lowest BCUT2D eigenvalue weighted by molar-refractivity contribution is -0.199. The number of rotatable bonds is 6. The smallest absolute Gasteiger partial charge is 0.457 e. The topological polar surface area (TPSA) is 83.5 Å². The molecule has 0 radical (unpaired) electrons. The number of ether oxygens (including phenoxy) is 3. The van der Waals surface area contributed by atoms with Crippen molar-refractivity contribution >= 4 is 19.2 Å². The van der Waals surface area contributed by atoms with Gasteiger partial charge in [-0.2, -0.15) is 0 Å². The SMILES string of the molecule is COC(=O)[C@@H]1[C@H](CCCB2O[C@@H]3C[C@@H]4C[C@@H](C4(C)C)[C@]3(C)O2)[C@@H](OC)CN1C(=O)OC(C)(C)C. The second kappa shape index (κ2) is 8.97. The van der Waals surface area contributed by atoms with Crippen LogP contribution < -0.4 is 0 Å². The lowest BCUT2D eigenvalue weighted by Gasteiger charge is -2.64. The summed E-state index contributed by atoms with van der Waals surface area (Å²) >= 11 is 0. The van der Waals surface area contributed by atoms with Gasteiger partial charge in [0.2, 0.25) is 0 Å². The fourth-order valence-corrected chi connectivity index (χ4v) is 7.00. The highest BCUT2D eigenvalue weighted by molar-refractivity contribution is 6.45. The molecular weight excluding hydrogens is 437 g/mol. The lowest BCUT2D eigenvalue weighted by Crippen LogP contribution is -2.65. The van der Waals surface area contributed by atoms with Gasteiger partial charge < -0.3 is 23.5 Å². The summed E-state index contributed by atoms with van der Waals surface area (Å²) in [7, 11) is 2.74. The van der Waals surface area contributed by atoms with Gasteiger partial charge in [0.25, 0.3) is 0 Å². The number of carbonyl (C=O) groups excluding carboxylic acids is 2. The second-order valence-corrected chi connectivity index (χ2v) is 12.4. The molecule has 2 heterocycles. The van der Waals surface area contributed by atoms with Crippen LogP contribution in [0.2, 0.25) is 6.32 Å². The van der Waals surface area contributed by atoms with Gasteiger partial charge in [-0.25, -0.2) is 9.59 Å². The van der Waals surface area contributed by atoms with E-state index < -0.39 is 23.7 Å². The van der Waals surface area contributed by atoms with Gasteiger partial charge in [0.15, 0.2) is 0 Å². The van der Waals surface area contributed by atoms with E-state index in [-0.39, 0.29) is 30.8 Å². The van der Waals surface area contributed by atoms with Crippen LogP contribution in [0.4, 0.5) is 4.79 Å². The monoisotopic (exact) mass is 479 g/mol. The van der Waals surface area contributed by atoms with Gasteiger partial charge in [-0.1, -0.05) is 20.3 Å². The van der Waals surface area contributed by atoms with Crippen LogP contribution in [-0.4, -0.2) is 74.3 Å². The quantitative estimate of drug-likeness (QED) is 0.422. The zero-order chi connectivity index (χ0) is 25.1.